The third kappa shape index (κ3) is 5.00. The van der Waals surface area contributed by atoms with Gasteiger partial charge >= 0.3 is 0 Å². The highest BCUT2D eigenvalue weighted by molar-refractivity contribution is 6.04. The number of nitrogens with one attached hydrogen (secondary N) is 2. The van der Waals surface area contributed by atoms with Crippen LogP contribution in [0.15, 0.2) is 84.0 Å². The minimum atomic E-state index is -0.547. The third-order valence-corrected chi connectivity index (χ3v) is 7.79. The number of carbonyl (C=O) groups excluding carboxylic acids is 1. The zero-order chi connectivity index (χ0) is 28.5. The van der Waals surface area contributed by atoms with Crippen molar-refractivity contribution in [2.24, 2.45) is 5.92 Å². The van der Waals surface area contributed by atoms with Crippen molar-refractivity contribution in [3.8, 4) is 16.8 Å². The molecule has 41 heavy (non-hydrogen) atoms. The lowest BCUT2D eigenvalue weighted by atomic mass is 9.81. The Hall–Kier alpha value is -5.12. The molecule has 1 saturated carbocycles. The number of anilines is 2. The van der Waals surface area contributed by atoms with Crippen molar-refractivity contribution in [3.63, 3.8) is 0 Å². The molecule has 0 saturated heterocycles. The SMILES string of the molecule is N=C[C@H]1CC[C@H](c2cc(-c3ccc(NC(=O)c4cccn(-c5ccc(F)cc5)c4=O)cc3)c3c(N)ncnn32)CC1. The Morgan fingerprint density at radius 2 is 1.78 bits per heavy atom. The zero-order valence-corrected chi connectivity index (χ0v) is 22.1. The second-order valence-electron chi connectivity index (χ2n) is 10.3. The second-order valence-corrected chi connectivity index (χ2v) is 10.3. The minimum Gasteiger partial charge on any atom is -0.382 e. The highest BCUT2D eigenvalue weighted by Gasteiger charge is 2.26. The quantitative estimate of drug-likeness (QED) is 0.243. The summed E-state index contributed by atoms with van der Waals surface area (Å²) >= 11 is 0. The highest BCUT2D eigenvalue weighted by Crippen LogP contribution is 2.39. The number of nitrogen functional groups attached to an aromatic ring is 1. The molecule has 3 aromatic heterocycles. The van der Waals surface area contributed by atoms with Gasteiger partial charge in [0.25, 0.3) is 11.5 Å². The number of hydrogen-bond acceptors (Lipinski definition) is 6. The maximum Gasteiger partial charge on any atom is 0.267 e. The smallest absolute Gasteiger partial charge is 0.267 e. The van der Waals surface area contributed by atoms with E-state index in [9.17, 15) is 14.0 Å². The topological polar surface area (TPSA) is 131 Å². The first-order valence-electron chi connectivity index (χ1n) is 13.4. The van der Waals surface area contributed by atoms with Crippen LogP contribution in [0.3, 0.4) is 0 Å². The zero-order valence-electron chi connectivity index (χ0n) is 22.1. The molecule has 0 spiro atoms. The number of rotatable bonds is 6. The van der Waals surface area contributed by atoms with E-state index < -0.39 is 17.3 Å². The number of amides is 1. The largest absolute Gasteiger partial charge is 0.382 e. The summed E-state index contributed by atoms with van der Waals surface area (Å²) in [5.74, 6) is 0.0682. The van der Waals surface area contributed by atoms with Crippen molar-refractivity contribution in [2.45, 2.75) is 31.6 Å². The normalized spacial score (nSPS) is 16.9. The molecular formula is C31H28FN7O2. The van der Waals surface area contributed by atoms with Crippen LogP contribution in [0.2, 0.25) is 0 Å². The fourth-order valence-corrected chi connectivity index (χ4v) is 5.59. The summed E-state index contributed by atoms with van der Waals surface area (Å²) in [6.45, 7) is 0. The number of benzene rings is 2. The van der Waals surface area contributed by atoms with E-state index >= 15 is 0 Å². The summed E-state index contributed by atoms with van der Waals surface area (Å²) in [5, 5.41) is 14.9. The summed E-state index contributed by atoms with van der Waals surface area (Å²) in [5.41, 5.74) is 10.3. The molecule has 1 fully saturated rings. The van der Waals surface area contributed by atoms with Crippen molar-refractivity contribution in [3.05, 3.63) is 107 Å². The van der Waals surface area contributed by atoms with Crippen LogP contribution in [0.1, 0.15) is 47.7 Å². The lowest BCUT2D eigenvalue weighted by Gasteiger charge is -2.25. The van der Waals surface area contributed by atoms with Crippen LogP contribution in [-0.2, 0) is 0 Å². The highest BCUT2D eigenvalue weighted by atomic mass is 19.1. The Morgan fingerprint density at radius 1 is 1.05 bits per heavy atom. The first kappa shape index (κ1) is 26.1. The Labute approximate surface area is 235 Å². The molecule has 0 aliphatic heterocycles. The van der Waals surface area contributed by atoms with E-state index in [0.29, 0.717) is 29.0 Å². The Bertz CT molecular complexity index is 1800. The molecule has 0 atom stereocenters. The van der Waals surface area contributed by atoms with E-state index in [-0.39, 0.29) is 5.56 Å². The van der Waals surface area contributed by atoms with Gasteiger partial charge in [-0.2, -0.15) is 5.10 Å². The predicted molar refractivity (Wildman–Crippen MR) is 156 cm³/mol. The molecule has 0 radical (unpaired) electrons. The fourth-order valence-electron chi connectivity index (χ4n) is 5.59. The summed E-state index contributed by atoms with van der Waals surface area (Å²) in [6.07, 6.45) is 8.45. The van der Waals surface area contributed by atoms with Gasteiger partial charge in [0.1, 0.15) is 23.2 Å². The van der Waals surface area contributed by atoms with Crippen molar-refractivity contribution in [1.29, 1.82) is 5.41 Å². The van der Waals surface area contributed by atoms with E-state index in [4.69, 9.17) is 11.1 Å². The molecular weight excluding hydrogens is 521 g/mol. The van der Waals surface area contributed by atoms with Gasteiger partial charge in [-0.1, -0.05) is 12.1 Å². The van der Waals surface area contributed by atoms with Crippen LogP contribution in [-0.4, -0.2) is 31.3 Å². The standard InChI is InChI=1S/C31H28FN7O2/c32-22-9-13-24(14-10-22)38-15-1-2-25(31(38)41)30(40)37-23-11-7-20(8-12-23)26-16-27(21-5-3-19(17-33)4-6-21)39-28(26)29(34)35-18-36-39/h1-2,7-19,21,33H,3-6H2,(H,37,40)(H2,34,35,36)/t19-,21-. The molecule has 9 nitrogen and oxygen atoms in total. The number of hydrogen-bond donors (Lipinski definition) is 3. The van der Waals surface area contributed by atoms with Gasteiger partial charge in [-0.25, -0.2) is 13.9 Å². The van der Waals surface area contributed by atoms with E-state index in [0.717, 1.165) is 48.0 Å². The van der Waals surface area contributed by atoms with E-state index in [1.165, 1.54) is 47.4 Å². The molecule has 2 aromatic carbocycles. The molecule has 1 amide bonds. The van der Waals surface area contributed by atoms with Gasteiger partial charge in [0, 0.05) is 34.7 Å². The molecule has 6 rings (SSSR count). The Balaban J connectivity index is 1.26. The van der Waals surface area contributed by atoms with Crippen molar-refractivity contribution < 1.29 is 9.18 Å². The first-order chi connectivity index (χ1) is 19.9. The van der Waals surface area contributed by atoms with E-state index in [1.54, 1.807) is 24.4 Å². The van der Waals surface area contributed by atoms with Crippen LogP contribution in [0.4, 0.5) is 15.9 Å². The predicted octanol–water partition coefficient (Wildman–Crippen LogP) is 5.44. The average molecular weight is 550 g/mol. The lowest BCUT2D eigenvalue weighted by molar-refractivity contribution is 0.102. The number of halogens is 1. The van der Waals surface area contributed by atoms with E-state index in [2.05, 4.69) is 21.5 Å². The number of nitrogens with zero attached hydrogens (tertiary/aromatic N) is 4. The van der Waals surface area contributed by atoms with Gasteiger partial charge in [0.2, 0.25) is 0 Å². The van der Waals surface area contributed by atoms with Crippen molar-refractivity contribution >= 4 is 29.1 Å². The fraction of sp³-hybridized carbons (Fsp3) is 0.194. The maximum absolute atomic E-state index is 13.3. The van der Waals surface area contributed by atoms with Gasteiger partial charge in [-0.15, -0.1) is 0 Å². The molecule has 1 aliphatic carbocycles. The number of aromatic nitrogens is 4. The molecule has 4 N–H and O–H groups in total. The third-order valence-electron chi connectivity index (χ3n) is 7.79. The van der Waals surface area contributed by atoms with Crippen LogP contribution in [0, 0.1) is 17.1 Å². The molecule has 1 aliphatic rings. The summed E-state index contributed by atoms with van der Waals surface area (Å²) < 4.78 is 16.5. The Morgan fingerprint density at radius 3 is 2.49 bits per heavy atom. The van der Waals surface area contributed by atoms with E-state index in [1.807, 2.05) is 16.6 Å². The van der Waals surface area contributed by atoms with Gasteiger partial charge in [0.15, 0.2) is 5.82 Å². The first-order valence-corrected chi connectivity index (χ1v) is 13.4. The van der Waals surface area contributed by atoms with Crippen LogP contribution in [0.5, 0.6) is 0 Å². The molecule has 3 heterocycles. The summed E-state index contributed by atoms with van der Waals surface area (Å²) in [4.78, 5) is 30.3. The maximum atomic E-state index is 13.3. The lowest BCUT2D eigenvalue weighted by Crippen LogP contribution is -2.27. The minimum absolute atomic E-state index is 0.0355. The van der Waals surface area contributed by atoms with Gasteiger partial charge < -0.3 is 16.5 Å². The summed E-state index contributed by atoms with van der Waals surface area (Å²) in [7, 11) is 0. The van der Waals surface area contributed by atoms with Gasteiger partial charge in [-0.05, 0) is 98.0 Å². The monoisotopic (exact) mass is 549 g/mol. The molecule has 5 aromatic rings. The van der Waals surface area contributed by atoms with Gasteiger partial charge in [-0.3, -0.25) is 14.2 Å². The van der Waals surface area contributed by atoms with Crippen molar-refractivity contribution in [2.75, 3.05) is 11.1 Å². The van der Waals surface area contributed by atoms with Crippen LogP contribution in [0.25, 0.3) is 22.3 Å². The molecule has 206 valence electrons. The molecule has 0 unspecified atom stereocenters. The van der Waals surface area contributed by atoms with Crippen LogP contribution < -0.4 is 16.6 Å². The summed E-state index contributed by atoms with van der Waals surface area (Å²) in [6, 6.07) is 18.0. The average Bonchev–Trinajstić information content (AvgIpc) is 3.39. The number of carbonyl (C=O) groups is 1. The number of fused-ring (bicyclic) bond motifs is 1. The molecule has 10 heteroatoms. The van der Waals surface area contributed by atoms with Gasteiger partial charge in [0.05, 0.1) is 0 Å². The number of pyridine rings is 1. The van der Waals surface area contributed by atoms with Crippen LogP contribution >= 0.6 is 0 Å². The number of nitrogens with two attached hydrogens (primary N) is 1. The Kier molecular flexibility index (Phi) is 6.88. The van der Waals surface area contributed by atoms with Crippen molar-refractivity contribution in [1.82, 2.24) is 19.2 Å². The molecule has 0 bridgehead atoms. The second kappa shape index (κ2) is 10.8.